The van der Waals surface area contributed by atoms with Crippen LogP contribution in [-0.4, -0.2) is 0 Å². The highest BCUT2D eigenvalue weighted by molar-refractivity contribution is 5.02. The van der Waals surface area contributed by atoms with Crippen molar-refractivity contribution in [3.8, 4) is 0 Å². The van der Waals surface area contributed by atoms with Gasteiger partial charge in [-0.15, -0.1) is 0 Å². The molecule has 0 radical (unpaired) electrons. The molecule has 0 nitrogen and oxygen atoms in total. The van der Waals surface area contributed by atoms with Crippen LogP contribution in [0.15, 0.2) is 12.2 Å². The van der Waals surface area contributed by atoms with Crippen LogP contribution < -0.4 is 0 Å². The minimum Gasteiger partial charge on any atom is -0.0823 e. The van der Waals surface area contributed by atoms with Gasteiger partial charge < -0.3 is 0 Å². The van der Waals surface area contributed by atoms with Crippen molar-refractivity contribution in [1.82, 2.24) is 0 Å². The van der Waals surface area contributed by atoms with Crippen molar-refractivity contribution in [2.45, 2.75) is 60.8 Å². The Morgan fingerprint density at radius 1 is 0.769 bits per heavy atom. The van der Waals surface area contributed by atoms with Gasteiger partial charge in [-0.05, 0) is 30.1 Å². The first-order valence-electron chi connectivity index (χ1n) is 5.59. The highest BCUT2D eigenvalue weighted by atomic mass is 14.2. The summed E-state index contributed by atoms with van der Waals surface area (Å²) in [5, 5.41) is 0. The molecule has 0 rings (SSSR count). The molecule has 0 heteroatoms. The first kappa shape index (κ1) is 12.7. The highest BCUT2D eigenvalue weighted by Gasteiger charge is 2.17. The largest absolute Gasteiger partial charge is 0.0823 e. The van der Waals surface area contributed by atoms with Crippen LogP contribution in [0, 0.1) is 10.8 Å². The lowest BCUT2D eigenvalue weighted by Gasteiger charge is -2.25. The monoisotopic (exact) mass is 182 g/mol. The van der Waals surface area contributed by atoms with Crippen molar-refractivity contribution in [2.24, 2.45) is 10.8 Å². The lowest BCUT2D eigenvalue weighted by molar-refractivity contribution is 0.382. The van der Waals surface area contributed by atoms with Gasteiger partial charge in [-0.25, -0.2) is 0 Å². The summed E-state index contributed by atoms with van der Waals surface area (Å²) in [5.74, 6) is 0. The summed E-state index contributed by atoms with van der Waals surface area (Å²) in [7, 11) is 0. The maximum Gasteiger partial charge on any atom is -0.0152 e. The van der Waals surface area contributed by atoms with Gasteiger partial charge in [-0.3, -0.25) is 0 Å². The summed E-state index contributed by atoms with van der Waals surface area (Å²) in [6, 6.07) is 0. The molecule has 0 atom stereocenters. The molecule has 0 aliphatic rings. The highest BCUT2D eigenvalue weighted by Crippen LogP contribution is 2.30. The molecule has 0 unspecified atom stereocenters. The maximum absolute atomic E-state index is 2.41. The Kier molecular flexibility index (Phi) is 4.74. The molecule has 13 heavy (non-hydrogen) atoms. The number of hydrogen-bond acceptors (Lipinski definition) is 0. The third kappa shape index (κ3) is 4.50. The van der Waals surface area contributed by atoms with Crippen LogP contribution in [0.4, 0.5) is 0 Å². The van der Waals surface area contributed by atoms with Crippen LogP contribution in [0.3, 0.4) is 0 Å². The van der Waals surface area contributed by atoms with Crippen molar-refractivity contribution < 1.29 is 0 Å². The molecule has 0 amide bonds. The summed E-state index contributed by atoms with van der Waals surface area (Å²) in [6.45, 7) is 13.7. The third-order valence-corrected chi connectivity index (χ3v) is 3.46. The van der Waals surface area contributed by atoms with Crippen molar-refractivity contribution in [3.63, 3.8) is 0 Å². The van der Waals surface area contributed by atoms with E-state index in [1.54, 1.807) is 0 Å². The van der Waals surface area contributed by atoms with E-state index in [-0.39, 0.29) is 0 Å². The van der Waals surface area contributed by atoms with Crippen LogP contribution in [-0.2, 0) is 0 Å². The van der Waals surface area contributed by atoms with E-state index < -0.39 is 0 Å². The molecular formula is C13H26. The molecule has 78 valence electrons. The normalized spacial score (nSPS) is 14.0. The Labute approximate surface area is 84.4 Å². The SMILES string of the molecule is CCC(C)(C)C=CC(C)(CC)CC. The molecule has 0 saturated carbocycles. The van der Waals surface area contributed by atoms with Crippen LogP contribution in [0.25, 0.3) is 0 Å². The Bertz CT molecular complexity index is 159. The van der Waals surface area contributed by atoms with E-state index >= 15 is 0 Å². The van der Waals surface area contributed by atoms with E-state index in [2.05, 4.69) is 53.7 Å². The summed E-state index contributed by atoms with van der Waals surface area (Å²) in [5.41, 5.74) is 0.776. The molecule has 0 aromatic heterocycles. The topological polar surface area (TPSA) is 0 Å². The van der Waals surface area contributed by atoms with E-state index in [1.165, 1.54) is 19.3 Å². The average Bonchev–Trinajstić information content (AvgIpc) is 2.14. The molecule has 0 saturated heterocycles. The molecule has 0 aliphatic carbocycles. The maximum atomic E-state index is 2.41. The van der Waals surface area contributed by atoms with Crippen LogP contribution in [0.1, 0.15) is 60.8 Å². The quantitative estimate of drug-likeness (QED) is 0.535. The van der Waals surface area contributed by atoms with Crippen molar-refractivity contribution >= 4 is 0 Å². The molecule has 0 spiro atoms. The summed E-state index contributed by atoms with van der Waals surface area (Å²) < 4.78 is 0. The smallest absolute Gasteiger partial charge is 0.0152 e. The predicted octanol–water partition coefficient (Wildman–Crippen LogP) is 4.81. The Morgan fingerprint density at radius 3 is 1.54 bits per heavy atom. The molecule has 0 aromatic carbocycles. The van der Waals surface area contributed by atoms with E-state index in [9.17, 15) is 0 Å². The van der Waals surface area contributed by atoms with Crippen molar-refractivity contribution in [1.29, 1.82) is 0 Å². The Hall–Kier alpha value is -0.260. The summed E-state index contributed by atoms with van der Waals surface area (Å²) in [6.07, 6.45) is 8.49. The standard InChI is InChI=1S/C13H26/c1-7-12(4,5)10-11-13(6,8-2)9-3/h10-11H,7-9H2,1-6H3. The minimum atomic E-state index is 0.367. The first-order valence-corrected chi connectivity index (χ1v) is 5.59. The minimum absolute atomic E-state index is 0.367. The Morgan fingerprint density at radius 2 is 1.23 bits per heavy atom. The Balaban J connectivity index is 4.39. The van der Waals surface area contributed by atoms with Gasteiger partial charge in [0.15, 0.2) is 0 Å². The number of hydrogen-bond donors (Lipinski definition) is 0. The zero-order valence-electron chi connectivity index (χ0n) is 10.3. The number of rotatable bonds is 5. The fraction of sp³-hybridized carbons (Fsp3) is 0.846. The second-order valence-electron chi connectivity index (χ2n) is 5.04. The molecule has 0 heterocycles. The molecule has 0 aliphatic heterocycles. The molecular weight excluding hydrogens is 156 g/mol. The van der Waals surface area contributed by atoms with Gasteiger partial charge in [-0.2, -0.15) is 0 Å². The zero-order chi connectivity index (χ0) is 10.5. The van der Waals surface area contributed by atoms with E-state index in [0.717, 1.165) is 0 Å². The predicted molar refractivity (Wildman–Crippen MR) is 61.9 cm³/mol. The van der Waals surface area contributed by atoms with E-state index in [1.807, 2.05) is 0 Å². The third-order valence-electron chi connectivity index (χ3n) is 3.46. The van der Waals surface area contributed by atoms with Crippen molar-refractivity contribution in [3.05, 3.63) is 12.2 Å². The molecule has 0 fully saturated rings. The molecule has 0 bridgehead atoms. The van der Waals surface area contributed by atoms with Gasteiger partial charge in [0.25, 0.3) is 0 Å². The van der Waals surface area contributed by atoms with Gasteiger partial charge >= 0.3 is 0 Å². The van der Waals surface area contributed by atoms with Crippen molar-refractivity contribution in [2.75, 3.05) is 0 Å². The van der Waals surface area contributed by atoms with E-state index in [0.29, 0.717) is 10.8 Å². The van der Waals surface area contributed by atoms with Gasteiger partial charge in [0, 0.05) is 0 Å². The van der Waals surface area contributed by atoms with E-state index in [4.69, 9.17) is 0 Å². The lowest BCUT2D eigenvalue weighted by Crippen LogP contribution is -2.12. The second kappa shape index (κ2) is 4.83. The average molecular weight is 182 g/mol. The second-order valence-corrected chi connectivity index (χ2v) is 5.04. The molecule has 0 N–H and O–H groups in total. The van der Waals surface area contributed by atoms with Crippen LogP contribution in [0.2, 0.25) is 0 Å². The van der Waals surface area contributed by atoms with Crippen LogP contribution in [0.5, 0.6) is 0 Å². The first-order chi connectivity index (χ1) is 5.89. The number of allylic oxidation sites excluding steroid dienone is 2. The van der Waals surface area contributed by atoms with Gasteiger partial charge in [0.1, 0.15) is 0 Å². The summed E-state index contributed by atoms with van der Waals surface area (Å²) >= 11 is 0. The fourth-order valence-corrected chi connectivity index (χ4v) is 1.03. The van der Waals surface area contributed by atoms with Gasteiger partial charge in [0.05, 0.1) is 0 Å². The zero-order valence-corrected chi connectivity index (χ0v) is 10.3. The lowest BCUT2D eigenvalue weighted by atomic mass is 9.80. The summed E-state index contributed by atoms with van der Waals surface area (Å²) in [4.78, 5) is 0. The van der Waals surface area contributed by atoms with Gasteiger partial charge in [-0.1, -0.05) is 53.7 Å². The fourth-order valence-electron chi connectivity index (χ4n) is 1.03. The van der Waals surface area contributed by atoms with Crippen LogP contribution >= 0.6 is 0 Å². The van der Waals surface area contributed by atoms with Gasteiger partial charge in [0.2, 0.25) is 0 Å². The molecule has 0 aromatic rings.